The molecule has 1 N–H and O–H groups in total. The van der Waals surface area contributed by atoms with Crippen molar-refractivity contribution in [3.8, 4) is 0 Å². The van der Waals surface area contributed by atoms with Gasteiger partial charge in [-0.2, -0.15) is 0 Å². The van der Waals surface area contributed by atoms with Gasteiger partial charge in [-0.05, 0) is 38.1 Å². The van der Waals surface area contributed by atoms with Crippen molar-refractivity contribution < 1.29 is 14.0 Å². The molecule has 2 atom stereocenters. The van der Waals surface area contributed by atoms with Gasteiger partial charge in [0.1, 0.15) is 6.26 Å². The molecule has 0 aliphatic rings. The van der Waals surface area contributed by atoms with E-state index in [9.17, 15) is 9.59 Å². The van der Waals surface area contributed by atoms with Gasteiger partial charge in [-0.1, -0.05) is 19.9 Å². The summed E-state index contributed by atoms with van der Waals surface area (Å²) in [5.74, 6) is 0.0525. The summed E-state index contributed by atoms with van der Waals surface area (Å²) in [4.78, 5) is 31.5. The van der Waals surface area contributed by atoms with E-state index in [2.05, 4.69) is 10.3 Å². The first kappa shape index (κ1) is 19.2. The van der Waals surface area contributed by atoms with Crippen molar-refractivity contribution in [1.82, 2.24) is 15.2 Å². The van der Waals surface area contributed by atoms with E-state index in [1.165, 1.54) is 17.6 Å². The molecule has 2 rings (SSSR count). The van der Waals surface area contributed by atoms with Crippen LogP contribution in [0.1, 0.15) is 66.6 Å². The Morgan fingerprint density at radius 1 is 1.32 bits per heavy atom. The molecule has 7 heteroatoms. The lowest BCUT2D eigenvalue weighted by Crippen LogP contribution is -2.37. The minimum Gasteiger partial charge on any atom is -0.446 e. The minimum absolute atomic E-state index is 0.0406. The standard InChI is InChI=1S/C18H25N3O3S/c1-5-12(3)19-17(22)14-11-24-16(20-14)10-21(13(4)6-2)18(23)15-8-7-9-25-15/h7-9,11-13H,5-6,10H2,1-4H3,(H,19,22). The third-order valence-electron chi connectivity index (χ3n) is 4.20. The summed E-state index contributed by atoms with van der Waals surface area (Å²) in [5.41, 5.74) is 0.239. The van der Waals surface area contributed by atoms with Crippen molar-refractivity contribution in [1.29, 1.82) is 0 Å². The number of hydrogen-bond acceptors (Lipinski definition) is 5. The molecule has 0 aromatic carbocycles. The van der Waals surface area contributed by atoms with Crippen LogP contribution in [0, 0.1) is 0 Å². The zero-order valence-electron chi connectivity index (χ0n) is 15.1. The number of nitrogens with one attached hydrogen (secondary N) is 1. The van der Waals surface area contributed by atoms with Crippen LogP contribution in [0.25, 0.3) is 0 Å². The van der Waals surface area contributed by atoms with Gasteiger partial charge in [0.25, 0.3) is 11.8 Å². The first-order chi connectivity index (χ1) is 12.0. The molecule has 0 aliphatic carbocycles. The Morgan fingerprint density at radius 2 is 2.08 bits per heavy atom. The van der Waals surface area contributed by atoms with Gasteiger partial charge in [0.05, 0.1) is 11.4 Å². The highest BCUT2D eigenvalue weighted by molar-refractivity contribution is 7.12. The normalized spacial score (nSPS) is 13.3. The van der Waals surface area contributed by atoms with E-state index in [0.29, 0.717) is 10.8 Å². The molecule has 0 spiro atoms. The van der Waals surface area contributed by atoms with Crippen LogP contribution in [0.5, 0.6) is 0 Å². The van der Waals surface area contributed by atoms with Gasteiger partial charge in [0, 0.05) is 12.1 Å². The molecule has 2 aromatic heterocycles. The molecule has 6 nitrogen and oxygen atoms in total. The second kappa shape index (κ2) is 8.80. The number of thiophene rings is 1. The average Bonchev–Trinajstić information content (AvgIpc) is 3.29. The maximum Gasteiger partial charge on any atom is 0.273 e. The predicted octanol–water partition coefficient (Wildman–Crippen LogP) is 3.71. The molecule has 0 fully saturated rings. The minimum atomic E-state index is -0.260. The second-order valence-corrected chi connectivity index (χ2v) is 7.02. The van der Waals surface area contributed by atoms with E-state index in [4.69, 9.17) is 4.42 Å². The summed E-state index contributed by atoms with van der Waals surface area (Å²) in [6.45, 7) is 8.19. The van der Waals surface area contributed by atoms with Crippen molar-refractivity contribution >= 4 is 23.2 Å². The molecule has 2 unspecified atom stereocenters. The van der Waals surface area contributed by atoms with Gasteiger partial charge < -0.3 is 14.6 Å². The SMILES string of the molecule is CCC(C)NC(=O)c1coc(CN(C(=O)c2cccs2)C(C)CC)n1. The fourth-order valence-electron chi connectivity index (χ4n) is 2.22. The first-order valence-corrected chi connectivity index (χ1v) is 9.43. The van der Waals surface area contributed by atoms with Gasteiger partial charge in [0.2, 0.25) is 5.89 Å². The molecular weight excluding hydrogens is 338 g/mol. The zero-order chi connectivity index (χ0) is 18.4. The fraction of sp³-hybridized carbons (Fsp3) is 0.500. The number of carbonyl (C=O) groups is 2. The molecular formula is C18H25N3O3S. The van der Waals surface area contributed by atoms with Crippen molar-refractivity contribution in [3.05, 3.63) is 40.2 Å². The van der Waals surface area contributed by atoms with E-state index in [1.807, 2.05) is 45.2 Å². The smallest absolute Gasteiger partial charge is 0.273 e. The lowest BCUT2D eigenvalue weighted by Gasteiger charge is -2.26. The number of oxazole rings is 1. The van der Waals surface area contributed by atoms with Crippen LogP contribution in [0.4, 0.5) is 0 Å². The van der Waals surface area contributed by atoms with Crippen LogP contribution in [0.3, 0.4) is 0 Å². The van der Waals surface area contributed by atoms with Gasteiger partial charge in [-0.25, -0.2) is 4.98 Å². The van der Waals surface area contributed by atoms with E-state index < -0.39 is 0 Å². The lowest BCUT2D eigenvalue weighted by molar-refractivity contribution is 0.0657. The maximum atomic E-state index is 12.7. The maximum absolute atomic E-state index is 12.7. The summed E-state index contributed by atoms with van der Waals surface area (Å²) in [6, 6.07) is 3.78. The molecule has 0 saturated carbocycles. The van der Waals surface area contributed by atoms with Crippen LogP contribution in [-0.2, 0) is 6.54 Å². The number of carbonyl (C=O) groups excluding carboxylic acids is 2. The highest BCUT2D eigenvalue weighted by Gasteiger charge is 2.24. The highest BCUT2D eigenvalue weighted by Crippen LogP contribution is 2.18. The van der Waals surface area contributed by atoms with Crippen LogP contribution in [-0.4, -0.2) is 33.8 Å². The molecule has 0 radical (unpaired) electrons. The van der Waals surface area contributed by atoms with Crippen LogP contribution < -0.4 is 5.32 Å². The van der Waals surface area contributed by atoms with Crippen LogP contribution in [0.15, 0.2) is 28.2 Å². The Labute approximate surface area is 152 Å². The largest absolute Gasteiger partial charge is 0.446 e. The Hall–Kier alpha value is -2.15. The zero-order valence-corrected chi connectivity index (χ0v) is 15.9. The van der Waals surface area contributed by atoms with E-state index in [-0.39, 0.29) is 36.1 Å². The van der Waals surface area contributed by atoms with Crippen molar-refractivity contribution in [2.45, 2.75) is 59.2 Å². The van der Waals surface area contributed by atoms with Crippen LogP contribution >= 0.6 is 11.3 Å². The molecule has 0 saturated heterocycles. The topological polar surface area (TPSA) is 75.4 Å². The van der Waals surface area contributed by atoms with Crippen molar-refractivity contribution in [3.63, 3.8) is 0 Å². The number of rotatable bonds is 8. The molecule has 25 heavy (non-hydrogen) atoms. The summed E-state index contributed by atoms with van der Waals surface area (Å²) in [5, 5.41) is 4.73. The lowest BCUT2D eigenvalue weighted by atomic mass is 10.2. The van der Waals surface area contributed by atoms with E-state index in [1.54, 1.807) is 4.90 Å². The van der Waals surface area contributed by atoms with Gasteiger partial charge in [-0.15, -0.1) is 11.3 Å². The Balaban J connectivity index is 2.12. The van der Waals surface area contributed by atoms with Gasteiger partial charge >= 0.3 is 0 Å². The van der Waals surface area contributed by atoms with E-state index in [0.717, 1.165) is 12.8 Å². The molecule has 2 amide bonds. The average molecular weight is 363 g/mol. The van der Waals surface area contributed by atoms with Crippen molar-refractivity contribution in [2.24, 2.45) is 0 Å². The monoisotopic (exact) mass is 363 g/mol. The molecule has 0 aliphatic heterocycles. The Kier molecular flexibility index (Phi) is 6.75. The highest BCUT2D eigenvalue weighted by atomic mass is 32.1. The Bertz CT molecular complexity index is 696. The summed E-state index contributed by atoms with van der Waals surface area (Å²) >= 11 is 1.41. The quantitative estimate of drug-likeness (QED) is 0.776. The number of aromatic nitrogens is 1. The third kappa shape index (κ3) is 4.92. The fourth-order valence-corrected chi connectivity index (χ4v) is 2.90. The number of hydrogen-bond donors (Lipinski definition) is 1. The second-order valence-electron chi connectivity index (χ2n) is 6.08. The summed E-state index contributed by atoms with van der Waals surface area (Å²) in [7, 11) is 0. The number of amides is 2. The molecule has 136 valence electrons. The Morgan fingerprint density at radius 3 is 2.68 bits per heavy atom. The molecule has 0 bridgehead atoms. The summed E-state index contributed by atoms with van der Waals surface area (Å²) < 4.78 is 5.43. The van der Waals surface area contributed by atoms with Gasteiger partial charge in [-0.3, -0.25) is 9.59 Å². The van der Waals surface area contributed by atoms with Crippen LogP contribution in [0.2, 0.25) is 0 Å². The van der Waals surface area contributed by atoms with Gasteiger partial charge in [0.15, 0.2) is 5.69 Å². The number of nitrogens with zero attached hydrogens (tertiary/aromatic N) is 2. The van der Waals surface area contributed by atoms with E-state index >= 15 is 0 Å². The predicted molar refractivity (Wildman–Crippen MR) is 97.7 cm³/mol. The molecule has 2 aromatic rings. The van der Waals surface area contributed by atoms with Crippen molar-refractivity contribution in [2.75, 3.05) is 0 Å². The first-order valence-electron chi connectivity index (χ1n) is 8.55. The summed E-state index contributed by atoms with van der Waals surface area (Å²) in [6.07, 6.45) is 3.00. The molecule has 2 heterocycles. The third-order valence-corrected chi connectivity index (χ3v) is 5.05.